The molecule has 0 aromatic rings. The fourth-order valence-corrected chi connectivity index (χ4v) is 0.767. The molecule has 2 atom stereocenters. The van der Waals surface area contributed by atoms with Crippen LogP contribution in [0.25, 0.3) is 0 Å². The maximum absolute atomic E-state index is 8.65. The van der Waals surface area contributed by atoms with Crippen LogP contribution in [0.15, 0.2) is 0 Å². The smallest absolute Gasteiger partial charge is 0.119 e. The van der Waals surface area contributed by atoms with Crippen molar-refractivity contribution in [3.05, 3.63) is 0 Å². The zero-order valence-corrected chi connectivity index (χ0v) is 8.13. The van der Waals surface area contributed by atoms with Crippen LogP contribution in [-0.4, -0.2) is 25.3 Å². The van der Waals surface area contributed by atoms with Crippen LogP contribution in [0.1, 0.15) is 27.2 Å². The van der Waals surface area contributed by atoms with Crippen LogP contribution in [-0.2, 0) is 4.74 Å². The van der Waals surface area contributed by atoms with Gasteiger partial charge in [-0.15, -0.1) is 0 Å². The third-order valence-electron chi connectivity index (χ3n) is 1.73. The first-order chi connectivity index (χ1) is 5.74. The molecule has 0 saturated heterocycles. The SMILES string of the molecule is CCNC(C#N)COC(C)CC. The number of rotatable bonds is 6. The summed E-state index contributed by atoms with van der Waals surface area (Å²) in [5.41, 5.74) is 0. The summed E-state index contributed by atoms with van der Waals surface area (Å²) >= 11 is 0. The van der Waals surface area contributed by atoms with Gasteiger partial charge in [-0.3, -0.25) is 0 Å². The summed E-state index contributed by atoms with van der Waals surface area (Å²) in [7, 11) is 0. The molecule has 0 amide bonds. The minimum Gasteiger partial charge on any atom is -0.376 e. The van der Waals surface area contributed by atoms with Crippen molar-refractivity contribution in [1.82, 2.24) is 5.32 Å². The molecule has 0 bridgehead atoms. The molecule has 0 aliphatic heterocycles. The largest absolute Gasteiger partial charge is 0.376 e. The molecule has 70 valence electrons. The number of nitriles is 1. The molecule has 0 saturated carbocycles. The third-order valence-corrected chi connectivity index (χ3v) is 1.73. The van der Waals surface area contributed by atoms with E-state index in [0.29, 0.717) is 6.61 Å². The highest BCUT2D eigenvalue weighted by molar-refractivity contribution is 4.89. The zero-order chi connectivity index (χ0) is 9.40. The molecule has 2 unspecified atom stereocenters. The Bertz CT molecular complexity index is 142. The van der Waals surface area contributed by atoms with E-state index in [0.717, 1.165) is 13.0 Å². The van der Waals surface area contributed by atoms with Crippen molar-refractivity contribution >= 4 is 0 Å². The van der Waals surface area contributed by atoms with Gasteiger partial charge in [0.15, 0.2) is 0 Å². The van der Waals surface area contributed by atoms with Gasteiger partial charge in [0.1, 0.15) is 6.04 Å². The number of likely N-dealkylation sites (N-methyl/N-ethyl adjacent to an activating group) is 1. The number of hydrogen-bond donors (Lipinski definition) is 1. The summed E-state index contributed by atoms with van der Waals surface area (Å²) in [5.74, 6) is 0. The number of nitrogens with one attached hydrogen (secondary N) is 1. The molecule has 0 aliphatic rings. The molecule has 3 heteroatoms. The third kappa shape index (κ3) is 5.11. The Morgan fingerprint density at radius 2 is 2.17 bits per heavy atom. The normalized spacial score (nSPS) is 15.2. The first-order valence-electron chi connectivity index (χ1n) is 4.49. The van der Waals surface area contributed by atoms with E-state index in [1.807, 2.05) is 13.8 Å². The summed E-state index contributed by atoms with van der Waals surface area (Å²) in [4.78, 5) is 0. The van der Waals surface area contributed by atoms with Crippen LogP contribution in [0.3, 0.4) is 0 Å². The average molecular weight is 170 g/mol. The molecule has 0 radical (unpaired) electrons. The van der Waals surface area contributed by atoms with Crippen LogP contribution >= 0.6 is 0 Å². The van der Waals surface area contributed by atoms with Gasteiger partial charge in [-0.05, 0) is 19.9 Å². The van der Waals surface area contributed by atoms with Crippen LogP contribution in [0.5, 0.6) is 0 Å². The second kappa shape index (κ2) is 7.08. The minimum atomic E-state index is -0.163. The van der Waals surface area contributed by atoms with Gasteiger partial charge in [-0.1, -0.05) is 13.8 Å². The molecule has 0 aromatic carbocycles. The first kappa shape index (κ1) is 11.4. The predicted molar refractivity (Wildman–Crippen MR) is 48.8 cm³/mol. The maximum Gasteiger partial charge on any atom is 0.119 e. The Labute approximate surface area is 74.7 Å². The molecule has 12 heavy (non-hydrogen) atoms. The lowest BCUT2D eigenvalue weighted by molar-refractivity contribution is 0.0564. The second-order valence-corrected chi connectivity index (χ2v) is 2.79. The van der Waals surface area contributed by atoms with Crippen molar-refractivity contribution in [3.8, 4) is 6.07 Å². The van der Waals surface area contributed by atoms with E-state index < -0.39 is 0 Å². The summed E-state index contributed by atoms with van der Waals surface area (Å²) in [6, 6.07) is 1.98. The lowest BCUT2D eigenvalue weighted by Gasteiger charge is -2.14. The van der Waals surface area contributed by atoms with Gasteiger partial charge < -0.3 is 10.1 Å². The lowest BCUT2D eigenvalue weighted by atomic mass is 10.3. The Morgan fingerprint density at radius 3 is 2.58 bits per heavy atom. The number of hydrogen-bond acceptors (Lipinski definition) is 3. The summed E-state index contributed by atoms with van der Waals surface area (Å²) < 4.78 is 5.41. The topological polar surface area (TPSA) is 45.0 Å². The van der Waals surface area contributed by atoms with Crippen LogP contribution in [0, 0.1) is 11.3 Å². The number of ether oxygens (including phenoxy) is 1. The highest BCUT2D eigenvalue weighted by atomic mass is 16.5. The van der Waals surface area contributed by atoms with Crippen LogP contribution in [0.2, 0.25) is 0 Å². The molecule has 1 N–H and O–H groups in total. The van der Waals surface area contributed by atoms with Gasteiger partial charge in [0, 0.05) is 0 Å². The van der Waals surface area contributed by atoms with Crippen LogP contribution in [0.4, 0.5) is 0 Å². The van der Waals surface area contributed by atoms with Crippen molar-refractivity contribution in [2.75, 3.05) is 13.2 Å². The summed E-state index contributed by atoms with van der Waals surface area (Å²) in [6.45, 7) is 7.36. The molecule has 0 fully saturated rings. The number of nitrogens with zero attached hydrogens (tertiary/aromatic N) is 1. The highest BCUT2D eigenvalue weighted by Crippen LogP contribution is 1.96. The second-order valence-electron chi connectivity index (χ2n) is 2.79. The van der Waals surface area contributed by atoms with Crippen molar-refractivity contribution in [3.63, 3.8) is 0 Å². The zero-order valence-electron chi connectivity index (χ0n) is 8.13. The first-order valence-corrected chi connectivity index (χ1v) is 4.49. The Hall–Kier alpha value is -0.590. The van der Waals surface area contributed by atoms with Gasteiger partial charge in [-0.25, -0.2) is 0 Å². The van der Waals surface area contributed by atoms with E-state index in [9.17, 15) is 0 Å². The summed E-state index contributed by atoms with van der Waals surface area (Å²) in [5, 5.41) is 11.7. The van der Waals surface area contributed by atoms with Gasteiger partial charge in [0.25, 0.3) is 0 Å². The summed E-state index contributed by atoms with van der Waals surface area (Å²) in [6.07, 6.45) is 1.24. The minimum absolute atomic E-state index is 0.163. The van der Waals surface area contributed by atoms with Crippen LogP contribution < -0.4 is 5.32 Å². The van der Waals surface area contributed by atoms with Gasteiger partial charge in [-0.2, -0.15) is 5.26 Å². The Balaban J connectivity index is 3.52. The molecule has 0 rings (SSSR count). The van der Waals surface area contributed by atoms with E-state index >= 15 is 0 Å². The molecular weight excluding hydrogens is 152 g/mol. The molecule has 0 heterocycles. The molecular formula is C9H18N2O. The Kier molecular flexibility index (Phi) is 6.73. The van der Waals surface area contributed by atoms with Gasteiger partial charge >= 0.3 is 0 Å². The maximum atomic E-state index is 8.65. The van der Waals surface area contributed by atoms with Crippen molar-refractivity contribution in [1.29, 1.82) is 5.26 Å². The average Bonchev–Trinajstić information content (AvgIpc) is 2.11. The van der Waals surface area contributed by atoms with Gasteiger partial charge in [0.2, 0.25) is 0 Å². The van der Waals surface area contributed by atoms with Crippen molar-refractivity contribution in [2.45, 2.75) is 39.3 Å². The standard InChI is InChI=1S/C9H18N2O/c1-4-8(3)12-7-9(6-10)11-5-2/h8-9,11H,4-5,7H2,1-3H3. The quantitative estimate of drug-likeness (QED) is 0.653. The van der Waals surface area contributed by atoms with E-state index in [1.165, 1.54) is 0 Å². The van der Waals surface area contributed by atoms with Gasteiger partial charge in [0.05, 0.1) is 18.8 Å². The lowest BCUT2D eigenvalue weighted by Crippen LogP contribution is -2.33. The molecule has 3 nitrogen and oxygen atoms in total. The highest BCUT2D eigenvalue weighted by Gasteiger charge is 2.06. The van der Waals surface area contributed by atoms with E-state index in [4.69, 9.17) is 10.00 Å². The predicted octanol–water partition coefficient (Wildman–Crippen LogP) is 1.30. The molecule has 0 aromatic heterocycles. The van der Waals surface area contributed by atoms with E-state index in [-0.39, 0.29) is 12.1 Å². The molecule has 0 spiro atoms. The van der Waals surface area contributed by atoms with Crippen molar-refractivity contribution in [2.24, 2.45) is 0 Å². The molecule has 0 aliphatic carbocycles. The monoisotopic (exact) mass is 170 g/mol. The van der Waals surface area contributed by atoms with E-state index in [1.54, 1.807) is 0 Å². The van der Waals surface area contributed by atoms with Crippen molar-refractivity contribution < 1.29 is 4.74 Å². The fourth-order valence-electron chi connectivity index (χ4n) is 0.767. The van der Waals surface area contributed by atoms with E-state index in [2.05, 4.69) is 18.3 Å². The fraction of sp³-hybridized carbons (Fsp3) is 0.889. The Morgan fingerprint density at radius 1 is 1.50 bits per heavy atom.